The third-order valence-corrected chi connectivity index (χ3v) is 8.12. The Kier molecular flexibility index (Phi) is 9.56. The zero-order valence-corrected chi connectivity index (χ0v) is 26.6. The number of pyridine rings is 1. The van der Waals surface area contributed by atoms with Gasteiger partial charge in [-0.05, 0) is 55.9 Å². The standard InChI is InChI=1S/C33H39F3N8O2/c1-21-6-7-23(16-28(21)44(37)20-29(41(2)3)24-14-22-8-9-38-31(22)39-18-24)32(45)40-27-17-26(33(34,35)36)15-25(30(27)46-5)19-43-12-10-42(4)11-13-43/h6-9,14-18,20H,10-13,19,37H2,1-5H3,(H,38,39)(H,40,45)/b29-20-. The first-order chi connectivity index (χ1) is 21.8. The maximum atomic E-state index is 14.0. The van der Waals surface area contributed by atoms with Gasteiger partial charge in [0.25, 0.3) is 5.91 Å². The highest BCUT2D eigenvalue weighted by atomic mass is 19.4. The van der Waals surface area contributed by atoms with Crippen molar-refractivity contribution in [2.45, 2.75) is 19.6 Å². The number of methoxy groups -OCH3 is 1. The fourth-order valence-corrected chi connectivity index (χ4v) is 5.50. The second-order valence-electron chi connectivity index (χ2n) is 11.7. The van der Waals surface area contributed by atoms with Crippen LogP contribution < -0.4 is 20.9 Å². The number of aryl methyl sites for hydroxylation is 1. The number of nitrogens with zero attached hydrogens (tertiary/aromatic N) is 5. The molecule has 0 unspecified atom stereocenters. The van der Waals surface area contributed by atoms with Crippen LogP contribution in [0.4, 0.5) is 24.5 Å². The number of alkyl halides is 3. The molecule has 5 rings (SSSR count). The van der Waals surface area contributed by atoms with Crippen molar-refractivity contribution in [3.8, 4) is 5.75 Å². The zero-order chi connectivity index (χ0) is 33.2. The molecule has 3 heterocycles. The van der Waals surface area contributed by atoms with Crippen molar-refractivity contribution in [1.29, 1.82) is 0 Å². The molecule has 1 fully saturated rings. The first-order valence-corrected chi connectivity index (χ1v) is 14.8. The Bertz CT molecular complexity index is 1740. The molecule has 1 aliphatic heterocycles. The van der Waals surface area contributed by atoms with Crippen molar-refractivity contribution in [3.05, 3.63) is 88.9 Å². The van der Waals surface area contributed by atoms with Crippen LogP contribution in [0.2, 0.25) is 0 Å². The maximum Gasteiger partial charge on any atom is 0.416 e. The lowest BCUT2D eigenvalue weighted by Gasteiger charge is -2.33. The number of carbonyl (C=O) groups excluding carboxylic acids is 1. The predicted octanol–water partition coefficient (Wildman–Crippen LogP) is 5.14. The van der Waals surface area contributed by atoms with E-state index in [1.807, 2.05) is 51.3 Å². The summed E-state index contributed by atoms with van der Waals surface area (Å²) in [4.78, 5) is 27.3. The number of piperazine rings is 1. The zero-order valence-electron chi connectivity index (χ0n) is 26.6. The number of aromatic amines is 1. The molecule has 244 valence electrons. The SMILES string of the molecule is COc1c(CN2CCN(C)CC2)cc(C(F)(F)F)cc1NC(=O)c1ccc(C)c(N(N)/C=C(/c2cnc3[nH]ccc3c2)N(C)C)c1. The van der Waals surface area contributed by atoms with Gasteiger partial charge in [0.1, 0.15) is 11.4 Å². The molecule has 0 saturated carbocycles. The molecule has 2 aromatic carbocycles. The van der Waals surface area contributed by atoms with Gasteiger partial charge in [0.2, 0.25) is 0 Å². The number of ether oxygens (including phenoxy) is 1. The number of hydrogen-bond donors (Lipinski definition) is 3. The summed E-state index contributed by atoms with van der Waals surface area (Å²) >= 11 is 0. The Morgan fingerprint density at radius 1 is 1.11 bits per heavy atom. The van der Waals surface area contributed by atoms with Crippen molar-refractivity contribution >= 4 is 34.0 Å². The van der Waals surface area contributed by atoms with Crippen molar-refractivity contribution in [2.24, 2.45) is 5.84 Å². The van der Waals surface area contributed by atoms with Gasteiger partial charge in [-0.15, -0.1) is 0 Å². The smallest absolute Gasteiger partial charge is 0.416 e. The highest BCUT2D eigenvalue weighted by molar-refractivity contribution is 6.06. The number of H-pyrrole nitrogens is 1. The van der Waals surface area contributed by atoms with Crippen LogP contribution in [0, 0.1) is 6.92 Å². The van der Waals surface area contributed by atoms with Crippen LogP contribution >= 0.6 is 0 Å². The van der Waals surface area contributed by atoms with Gasteiger partial charge in [-0.2, -0.15) is 13.2 Å². The van der Waals surface area contributed by atoms with E-state index < -0.39 is 17.6 Å². The van der Waals surface area contributed by atoms with Crippen LogP contribution in [0.3, 0.4) is 0 Å². The number of anilines is 2. The summed E-state index contributed by atoms with van der Waals surface area (Å²) in [6.07, 6.45) is 0.686. The first-order valence-electron chi connectivity index (χ1n) is 14.8. The van der Waals surface area contributed by atoms with Crippen LogP contribution in [-0.4, -0.2) is 85.0 Å². The Morgan fingerprint density at radius 3 is 2.52 bits per heavy atom. The molecule has 46 heavy (non-hydrogen) atoms. The van der Waals surface area contributed by atoms with Gasteiger partial charge in [0.05, 0.1) is 29.7 Å². The molecular weight excluding hydrogens is 597 g/mol. The Labute approximate surface area is 266 Å². The summed E-state index contributed by atoms with van der Waals surface area (Å²) in [6.45, 7) is 5.15. The number of amides is 1. The minimum Gasteiger partial charge on any atom is -0.494 e. The Balaban J connectivity index is 1.44. The summed E-state index contributed by atoms with van der Waals surface area (Å²) < 4.78 is 47.6. The Hall–Kier alpha value is -4.59. The van der Waals surface area contributed by atoms with Gasteiger partial charge in [0, 0.05) is 87.5 Å². The molecule has 13 heteroatoms. The van der Waals surface area contributed by atoms with E-state index in [2.05, 4.69) is 25.1 Å². The molecule has 4 N–H and O–H groups in total. The van der Waals surface area contributed by atoms with Crippen LogP contribution in [0.5, 0.6) is 5.75 Å². The quantitative estimate of drug-likeness (QED) is 0.171. The lowest BCUT2D eigenvalue weighted by Crippen LogP contribution is -2.43. The number of hydrogen-bond acceptors (Lipinski definition) is 8. The largest absolute Gasteiger partial charge is 0.494 e. The van der Waals surface area contributed by atoms with Crippen molar-refractivity contribution < 1.29 is 22.7 Å². The van der Waals surface area contributed by atoms with E-state index in [4.69, 9.17) is 10.6 Å². The van der Waals surface area contributed by atoms with Crippen molar-refractivity contribution in [1.82, 2.24) is 24.7 Å². The number of fused-ring (bicyclic) bond motifs is 1. The lowest BCUT2D eigenvalue weighted by molar-refractivity contribution is -0.137. The molecule has 0 bridgehead atoms. The van der Waals surface area contributed by atoms with Crippen LogP contribution in [0.25, 0.3) is 16.7 Å². The number of carbonyl (C=O) groups is 1. The Morgan fingerprint density at radius 2 is 1.85 bits per heavy atom. The van der Waals surface area contributed by atoms with Gasteiger partial charge in [-0.3, -0.25) is 14.7 Å². The molecular formula is C33H39F3N8O2. The summed E-state index contributed by atoms with van der Waals surface area (Å²) in [7, 11) is 7.17. The molecule has 4 aromatic rings. The first kappa shape index (κ1) is 32.8. The van der Waals surface area contributed by atoms with Crippen LogP contribution in [0.15, 0.2) is 61.1 Å². The van der Waals surface area contributed by atoms with E-state index in [9.17, 15) is 18.0 Å². The van der Waals surface area contributed by atoms with Gasteiger partial charge in [-0.25, -0.2) is 10.8 Å². The third-order valence-electron chi connectivity index (χ3n) is 8.12. The highest BCUT2D eigenvalue weighted by Gasteiger charge is 2.33. The molecule has 2 aromatic heterocycles. The van der Waals surface area contributed by atoms with Crippen LogP contribution in [-0.2, 0) is 12.7 Å². The number of benzene rings is 2. The molecule has 1 saturated heterocycles. The second-order valence-corrected chi connectivity index (χ2v) is 11.7. The molecule has 0 spiro atoms. The second kappa shape index (κ2) is 13.4. The number of aromatic nitrogens is 2. The predicted molar refractivity (Wildman–Crippen MR) is 174 cm³/mol. The highest BCUT2D eigenvalue weighted by Crippen LogP contribution is 2.39. The van der Waals surface area contributed by atoms with E-state index >= 15 is 0 Å². The summed E-state index contributed by atoms with van der Waals surface area (Å²) in [5, 5.41) is 5.04. The van der Waals surface area contributed by atoms with E-state index in [1.165, 1.54) is 12.1 Å². The van der Waals surface area contributed by atoms with E-state index in [-0.39, 0.29) is 23.5 Å². The monoisotopic (exact) mass is 636 g/mol. The third kappa shape index (κ3) is 7.27. The average Bonchev–Trinajstić information content (AvgIpc) is 3.48. The van der Waals surface area contributed by atoms with Crippen molar-refractivity contribution in [3.63, 3.8) is 0 Å². The fraction of sp³-hybridized carbons (Fsp3) is 0.333. The van der Waals surface area contributed by atoms with Gasteiger partial charge >= 0.3 is 6.18 Å². The number of halogens is 3. The normalized spacial score (nSPS) is 14.8. The molecule has 0 radical (unpaired) electrons. The van der Waals surface area contributed by atoms with E-state index in [0.29, 0.717) is 24.3 Å². The molecule has 1 amide bonds. The minimum atomic E-state index is -4.61. The van der Waals surface area contributed by atoms with Crippen molar-refractivity contribution in [2.75, 3.05) is 64.8 Å². The molecule has 0 atom stereocenters. The molecule has 0 aliphatic carbocycles. The average molecular weight is 637 g/mol. The van der Waals surface area contributed by atoms with Gasteiger partial charge in [-0.1, -0.05) is 6.07 Å². The maximum absolute atomic E-state index is 14.0. The number of likely N-dealkylation sites (N-methyl/N-ethyl adjacent to an activating group) is 1. The number of rotatable bonds is 9. The number of nitrogens with one attached hydrogen (secondary N) is 2. The topological polar surface area (TPSA) is 106 Å². The lowest BCUT2D eigenvalue weighted by atomic mass is 10.0. The number of nitrogens with two attached hydrogens (primary N) is 1. The minimum absolute atomic E-state index is 0.0550. The van der Waals surface area contributed by atoms with Crippen LogP contribution in [0.1, 0.15) is 32.6 Å². The summed E-state index contributed by atoms with van der Waals surface area (Å²) in [6, 6.07) is 10.9. The number of hydrazine groups is 1. The van der Waals surface area contributed by atoms with Gasteiger partial charge < -0.3 is 24.8 Å². The molecule has 1 aliphatic rings. The van der Waals surface area contributed by atoms with E-state index in [1.54, 1.807) is 30.6 Å². The van der Waals surface area contributed by atoms with E-state index in [0.717, 1.165) is 53.1 Å². The summed E-state index contributed by atoms with van der Waals surface area (Å²) in [5.74, 6) is 6.13. The molecule has 10 nitrogen and oxygen atoms in total. The van der Waals surface area contributed by atoms with Gasteiger partial charge in [0.15, 0.2) is 0 Å². The summed E-state index contributed by atoms with van der Waals surface area (Å²) in [5.41, 5.74) is 3.35. The fourth-order valence-electron chi connectivity index (χ4n) is 5.50.